The van der Waals surface area contributed by atoms with E-state index in [1.807, 2.05) is 54.7 Å². The molecule has 176 valence electrons. The lowest BCUT2D eigenvalue weighted by atomic mass is 10.0. The molecule has 0 spiro atoms. The van der Waals surface area contributed by atoms with Gasteiger partial charge in [-0.2, -0.15) is 5.10 Å². The SMILES string of the molecule is CCn1c2ccccc2c2cc(-c3nn(-c4ccccc4)cc3C=C3C(=O)NC(=S)NC3=O)ccc21. The third-order valence-corrected chi connectivity index (χ3v) is 6.57. The lowest BCUT2D eigenvalue weighted by Gasteiger charge is -2.16. The van der Waals surface area contributed by atoms with Gasteiger partial charge < -0.3 is 4.57 Å². The van der Waals surface area contributed by atoms with Gasteiger partial charge in [0.1, 0.15) is 5.57 Å². The van der Waals surface area contributed by atoms with Crippen LogP contribution in [0.2, 0.25) is 0 Å². The number of aromatic nitrogens is 3. The summed E-state index contributed by atoms with van der Waals surface area (Å²) < 4.78 is 4.05. The molecule has 7 nitrogen and oxygen atoms in total. The number of hydrogen-bond donors (Lipinski definition) is 2. The van der Waals surface area contributed by atoms with Gasteiger partial charge in [0.05, 0.1) is 11.4 Å². The van der Waals surface area contributed by atoms with Crippen LogP contribution in [0.1, 0.15) is 12.5 Å². The van der Waals surface area contributed by atoms with Gasteiger partial charge in [-0.25, -0.2) is 4.68 Å². The highest BCUT2D eigenvalue weighted by Gasteiger charge is 2.27. The molecule has 3 heterocycles. The predicted molar refractivity (Wildman–Crippen MR) is 145 cm³/mol. The summed E-state index contributed by atoms with van der Waals surface area (Å²) in [5.41, 5.74) is 5.35. The van der Waals surface area contributed by atoms with Gasteiger partial charge in [-0.1, -0.05) is 42.5 Å². The highest BCUT2D eigenvalue weighted by molar-refractivity contribution is 7.80. The van der Waals surface area contributed by atoms with Crippen LogP contribution in [0, 0.1) is 0 Å². The molecular weight excluding hydrogens is 470 g/mol. The number of carbonyl (C=O) groups is 2. The molecule has 6 rings (SSSR count). The Labute approximate surface area is 212 Å². The number of hydrogen-bond acceptors (Lipinski definition) is 4. The molecule has 0 aliphatic carbocycles. The van der Waals surface area contributed by atoms with Crippen molar-refractivity contribution in [3.8, 4) is 16.9 Å². The van der Waals surface area contributed by atoms with E-state index in [0.29, 0.717) is 11.3 Å². The van der Waals surface area contributed by atoms with E-state index >= 15 is 0 Å². The van der Waals surface area contributed by atoms with Crippen molar-refractivity contribution in [2.45, 2.75) is 13.5 Å². The van der Waals surface area contributed by atoms with Crippen LogP contribution in [0.4, 0.5) is 0 Å². The summed E-state index contributed by atoms with van der Waals surface area (Å²) in [6.45, 7) is 2.99. The van der Waals surface area contributed by atoms with Crippen molar-refractivity contribution in [1.29, 1.82) is 0 Å². The highest BCUT2D eigenvalue weighted by Crippen LogP contribution is 2.34. The Morgan fingerprint density at radius 2 is 1.58 bits per heavy atom. The van der Waals surface area contributed by atoms with Crippen LogP contribution >= 0.6 is 12.2 Å². The van der Waals surface area contributed by atoms with Crippen LogP contribution in [-0.4, -0.2) is 31.3 Å². The maximum Gasteiger partial charge on any atom is 0.263 e. The Morgan fingerprint density at radius 3 is 2.33 bits per heavy atom. The van der Waals surface area contributed by atoms with E-state index in [2.05, 4.69) is 46.4 Å². The molecule has 3 aromatic carbocycles. The van der Waals surface area contributed by atoms with E-state index in [1.165, 1.54) is 5.52 Å². The van der Waals surface area contributed by atoms with E-state index in [1.54, 1.807) is 10.8 Å². The first-order chi connectivity index (χ1) is 17.5. The minimum atomic E-state index is -0.538. The third-order valence-electron chi connectivity index (χ3n) is 6.37. The van der Waals surface area contributed by atoms with Crippen molar-refractivity contribution in [2.75, 3.05) is 0 Å². The van der Waals surface area contributed by atoms with Crippen molar-refractivity contribution in [1.82, 2.24) is 25.0 Å². The Balaban J connectivity index is 1.57. The molecule has 1 fully saturated rings. The molecule has 5 aromatic rings. The largest absolute Gasteiger partial charge is 0.341 e. The Bertz CT molecular complexity index is 1710. The zero-order valence-corrected chi connectivity index (χ0v) is 20.2. The molecule has 36 heavy (non-hydrogen) atoms. The summed E-state index contributed by atoms with van der Waals surface area (Å²) in [5.74, 6) is -1.08. The van der Waals surface area contributed by atoms with Crippen molar-refractivity contribution in [3.63, 3.8) is 0 Å². The maximum absolute atomic E-state index is 12.5. The number of carbonyl (C=O) groups excluding carboxylic acids is 2. The van der Waals surface area contributed by atoms with E-state index < -0.39 is 11.8 Å². The van der Waals surface area contributed by atoms with E-state index in [-0.39, 0.29) is 10.7 Å². The van der Waals surface area contributed by atoms with Gasteiger partial charge in [-0.15, -0.1) is 0 Å². The second-order valence-corrected chi connectivity index (χ2v) is 8.91. The van der Waals surface area contributed by atoms with Crippen LogP contribution in [-0.2, 0) is 16.1 Å². The zero-order valence-electron chi connectivity index (χ0n) is 19.4. The number of fused-ring (bicyclic) bond motifs is 3. The summed E-state index contributed by atoms with van der Waals surface area (Å²) >= 11 is 4.93. The number of amides is 2. The summed E-state index contributed by atoms with van der Waals surface area (Å²) in [7, 11) is 0. The lowest BCUT2D eigenvalue weighted by molar-refractivity contribution is -0.123. The number of benzene rings is 3. The van der Waals surface area contributed by atoms with Gasteiger partial charge >= 0.3 is 0 Å². The number of thiocarbonyl (C=S) groups is 1. The second-order valence-electron chi connectivity index (χ2n) is 8.50. The van der Waals surface area contributed by atoms with Crippen LogP contribution in [0.5, 0.6) is 0 Å². The number of rotatable bonds is 4. The van der Waals surface area contributed by atoms with Gasteiger partial charge in [0.15, 0.2) is 5.11 Å². The van der Waals surface area contributed by atoms with Gasteiger partial charge in [-0.3, -0.25) is 20.2 Å². The molecule has 1 saturated heterocycles. The molecule has 1 aliphatic rings. The molecule has 1 aliphatic heterocycles. The molecule has 0 radical (unpaired) electrons. The molecule has 0 unspecified atom stereocenters. The molecule has 0 atom stereocenters. The van der Waals surface area contributed by atoms with E-state index in [0.717, 1.165) is 34.1 Å². The molecule has 2 aromatic heterocycles. The molecule has 0 bridgehead atoms. The summed E-state index contributed by atoms with van der Waals surface area (Å²) in [6, 6.07) is 24.3. The third kappa shape index (κ3) is 3.59. The van der Waals surface area contributed by atoms with Crippen LogP contribution in [0.3, 0.4) is 0 Å². The predicted octanol–water partition coefficient (Wildman–Crippen LogP) is 4.58. The van der Waals surface area contributed by atoms with E-state index in [4.69, 9.17) is 17.3 Å². The minimum absolute atomic E-state index is 0.000111. The maximum atomic E-state index is 12.5. The molecule has 0 saturated carbocycles. The van der Waals surface area contributed by atoms with Crippen molar-refractivity contribution < 1.29 is 9.59 Å². The Hall–Kier alpha value is -4.56. The average Bonchev–Trinajstić information content (AvgIpc) is 3.45. The molecule has 2 N–H and O–H groups in total. The lowest BCUT2D eigenvalue weighted by Crippen LogP contribution is -2.51. The van der Waals surface area contributed by atoms with E-state index in [9.17, 15) is 9.59 Å². The number of nitrogens with zero attached hydrogens (tertiary/aromatic N) is 3. The number of nitrogens with one attached hydrogen (secondary N) is 2. The standard InChI is InChI=1S/C28H21N5O2S/c1-2-32-23-11-7-6-10-20(23)21-14-17(12-13-24(21)32)25-18(15-22-26(34)29-28(36)30-27(22)35)16-33(31-25)19-8-4-3-5-9-19/h3-16H,2H2,1H3,(H2,29,30,34,35,36). The smallest absolute Gasteiger partial charge is 0.263 e. The normalized spacial score (nSPS) is 13.8. The first-order valence-corrected chi connectivity index (χ1v) is 12.0. The van der Waals surface area contributed by atoms with Crippen LogP contribution in [0.15, 0.2) is 84.6 Å². The van der Waals surface area contributed by atoms with Crippen molar-refractivity contribution >= 4 is 57.0 Å². The topological polar surface area (TPSA) is 81.0 Å². The summed E-state index contributed by atoms with van der Waals surface area (Å²) in [4.78, 5) is 25.1. The van der Waals surface area contributed by atoms with Gasteiger partial charge in [0.25, 0.3) is 11.8 Å². The van der Waals surface area contributed by atoms with Crippen molar-refractivity contribution in [3.05, 3.63) is 90.1 Å². The first-order valence-electron chi connectivity index (χ1n) is 11.6. The van der Waals surface area contributed by atoms with Crippen LogP contribution < -0.4 is 10.6 Å². The Kier molecular flexibility index (Phi) is 5.23. The van der Waals surface area contributed by atoms with Gasteiger partial charge in [0, 0.05) is 45.7 Å². The Morgan fingerprint density at radius 1 is 0.889 bits per heavy atom. The highest BCUT2D eigenvalue weighted by atomic mass is 32.1. The average molecular weight is 492 g/mol. The zero-order chi connectivity index (χ0) is 24.8. The summed E-state index contributed by atoms with van der Waals surface area (Å²) in [6.07, 6.45) is 3.39. The fourth-order valence-corrected chi connectivity index (χ4v) is 4.92. The minimum Gasteiger partial charge on any atom is -0.341 e. The fraction of sp³-hybridized carbons (Fsp3) is 0.0714. The quantitative estimate of drug-likeness (QED) is 0.219. The number of para-hydroxylation sites is 2. The monoisotopic (exact) mass is 491 g/mol. The van der Waals surface area contributed by atoms with Crippen LogP contribution in [0.25, 0.3) is 44.8 Å². The molecule has 2 amide bonds. The summed E-state index contributed by atoms with van der Waals surface area (Å²) in [5, 5.41) is 12.1. The first kappa shape index (κ1) is 21.9. The second kappa shape index (κ2) is 8.58. The fourth-order valence-electron chi connectivity index (χ4n) is 4.73. The number of aryl methyl sites for hydroxylation is 1. The van der Waals surface area contributed by atoms with Crippen molar-refractivity contribution in [2.24, 2.45) is 0 Å². The van der Waals surface area contributed by atoms with Gasteiger partial charge in [-0.05, 0) is 55.5 Å². The molecule has 8 heteroatoms. The van der Waals surface area contributed by atoms with Gasteiger partial charge in [0.2, 0.25) is 0 Å². The molecular formula is C28H21N5O2S.